The Bertz CT molecular complexity index is 718. The van der Waals surface area contributed by atoms with E-state index in [0.717, 1.165) is 60.1 Å². The number of ether oxygens (including phenoxy) is 1. The Morgan fingerprint density at radius 2 is 2.13 bits per heavy atom. The molecule has 2 saturated heterocycles. The molecule has 2 aliphatic heterocycles. The van der Waals surface area contributed by atoms with Gasteiger partial charge in [0.25, 0.3) is 0 Å². The third-order valence-electron chi connectivity index (χ3n) is 4.58. The van der Waals surface area contributed by atoms with E-state index >= 15 is 0 Å². The monoisotopic (exact) mass is 331 g/mol. The first kappa shape index (κ1) is 14.8. The van der Waals surface area contributed by atoms with Crippen LogP contribution in [0.1, 0.15) is 19.8 Å². The lowest BCUT2D eigenvalue weighted by Crippen LogP contribution is -2.54. The third-order valence-corrected chi connectivity index (χ3v) is 5.66. The maximum Gasteiger partial charge on any atom is 0.229 e. The van der Waals surface area contributed by atoms with Crippen LogP contribution < -0.4 is 9.64 Å². The number of likely N-dealkylation sites (tertiary alicyclic amines) is 1. The summed E-state index contributed by atoms with van der Waals surface area (Å²) in [5, 5.41) is 1.01. The van der Waals surface area contributed by atoms with E-state index in [9.17, 15) is 4.79 Å². The highest BCUT2D eigenvalue weighted by molar-refractivity contribution is 7.22. The summed E-state index contributed by atoms with van der Waals surface area (Å²) in [6.45, 7) is 6.14. The Morgan fingerprint density at radius 1 is 1.35 bits per heavy atom. The zero-order valence-electron chi connectivity index (χ0n) is 13.3. The van der Waals surface area contributed by atoms with E-state index in [-0.39, 0.29) is 5.92 Å². The van der Waals surface area contributed by atoms with Crippen molar-refractivity contribution in [3.05, 3.63) is 18.2 Å². The first-order valence-electron chi connectivity index (χ1n) is 8.31. The number of hydrogen-bond acceptors (Lipinski definition) is 5. The molecular weight excluding hydrogens is 310 g/mol. The average Bonchev–Trinajstić information content (AvgIpc) is 3.14. The van der Waals surface area contributed by atoms with Crippen molar-refractivity contribution < 1.29 is 9.53 Å². The number of carbonyl (C=O) groups excluding carboxylic acids is 1. The molecule has 2 aliphatic rings. The van der Waals surface area contributed by atoms with Gasteiger partial charge in [-0.05, 0) is 38.0 Å². The summed E-state index contributed by atoms with van der Waals surface area (Å²) in [4.78, 5) is 21.3. The predicted octanol–water partition coefficient (Wildman–Crippen LogP) is 2.75. The normalized spacial score (nSPS) is 18.5. The number of amides is 1. The number of benzene rings is 1. The molecule has 122 valence electrons. The lowest BCUT2D eigenvalue weighted by molar-refractivity contribution is -0.135. The molecule has 0 bridgehead atoms. The van der Waals surface area contributed by atoms with E-state index in [1.165, 1.54) is 0 Å². The third kappa shape index (κ3) is 2.76. The number of anilines is 1. The Kier molecular flexibility index (Phi) is 3.85. The van der Waals surface area contributed by atoms with E-state index in [1.807, 2.05) is 30.0 Å². The number of fused-ring (bicyclic) bond motifs is 1. The van der Waals surface area contributed by atoms with Gasteiger partial charge in [0.1, 0.15) is 5.75 Å². The highest BCUT2D eigenvalue weighted by Gasteiger charge is 2.37. The molecule has 5 nitrogen and oxygen atoms in total. The van der Waals surface area contributed by atoms with Crippen LogP contribution in [0.15, 0.2) is 18.2 Å². The van der Waals surface area contributed by atoms with E-state index in [1.54, 1.807) is 11.3 Å². The summed E-state index contributed by atoms with van der Waals surface area (Å²) in [7, 11) is 0. The predicted molar refractivity (Wildman–Crippen MR) is 92.3 cm³/mol. The number of carbonyl (C=O) groups is 1. The molecule has 4 rings (SSSR count). The fraction of sp³-hybridized carbons (Fsp3) is 0.529. The molecule has 0 radical (unpaired) electrons. The summed E-state index contributed by atoms with van der Waals surface area (Å²) in [6.07, 6.45) is 2.31. The summed E-state index contributed by atoms with van der Waals surface area (Å²) in [6, 6.07) is 6.02. The SMILES string of the molecule is CCOc1ccc2nc(N3CC(C(=O)N4CCCC4)C3)sc2c1. The number of thiazole rings is 1. The standard InChI is InChI=1S/C17H21N3O2S/c1-2-22-13-5-6-14-15(9-13)23-17(18-14)20-10-12(11-20)16(21)19-7-3-4-8-19/h5-6,9,12H,2-4,7-8,10-11H2,1H3. The van der Waals surface area contributed by atoms with Crippen molar-refractivity contribution in [2.24, 2.45) is 5.92 Å². The van der Waals surface area contributed by atoms with Gasteiger partial charge in [-0.15, -0.1) is 0 Å². The van der Waals surface area contributed by atoms with Gasteiger partial charge in [0.05, 0.1) is 22.7 Å². The fourth-order valence-electron chi connectivity index (χ4n) is 3.27. The first-order chi connectivity index (χ1) is 11.2. The zero-order chi connectivity index (χ0) is 15.8. The molecular formula is C17H21N3O2S. The Hall–Kier alpha value is -1.82. The van der Waals surface area contributed by atoms with Crippen molar-refractivity contribution in [3.8, 4) is 5.75 Å². The molecule has 2 fully saturated rings. The molecule has 1 aromatic carbocycles. The minimum atomic E-state index is 0.152. The van der Waals surface area contributed by atoms with Gasteiger partial charge in [-0.3, -0.25) is 4.79 Å². The van der Waals surface area contributed by atoms with E-state index in [4.69, 9.17) is 9.72 Å². The highest BCUT2D eigenvalue weighted by Crippen LogP contribution is 2.35. The highest BCUT2D eigenvalue weighted by atomic mass is 32.1. The molecule has 23 heavy (non-hydrogen) atoms. The Balaban J connectivity index is 1.43. The zero-order valence-corrected chi connectivity index (χ0v) is 14.1. The number of hydrogen-bond donors (Lipinski definition) is 0. The summed E-state index contributed by atoms with van der Waals surface area (Å²) in [5.74, 6) is 1.37. The summed E-state index contributed by atoms with van der Waals surface area (Å²) in [5.41, 5.74) is 1.00. The number of nitrogens with zero attached hydrogens (tertiary/aromatic N) is 3. The lowest BCUT2D eigenvalue weighted by atomic mass is 9.99. The van der Waals surface area contributed by atoms with Crippen molar-refractivity contribution >= 4 is 32.6 Å². The molecule has 1 aromatic heterocycles. The van der Waals surface area contributed by atoms with Crippen LogP contribution in [0.4, 0.5) is 5.13 Å². The van der Waals surface area contributed by atoms with E-state index in [0.29, 0.717) is 12.5 Å². The number of rotatable bonds is 4. The maximum absolute atomic E-state index is 12.4. The largest absolute Gasteiger partial charge is 0.494 e. The van der Waals surface area contributed by atoms with Gasteiger partial charge in [0.2, 0.25) is 5.91 Å². The van der Waals surface area contributed by atoms with Crippen LogP contribution in [-0.2, 0) is 4.79 Å². The topological polar surface area (TPSA) is 45.7 Å². The Labute approximate surface area is 139 Å². The Morgan fingerprint density at radius 3 is 2.87 bits per heavy atom. The van der Waals surface area contributed by atoms with Crippen molar-refractivity contribution in [2.75, 3.05) is 37.7 Å². The summed E-state index contributed by atoms with van der Waals surface area (Å²) < 4.78 is 6.68. The van der Waals surface area contributed by atoms with Crippen molar-refractivity contribution in [1.29, 1.82) is 0 Å². The molecule has 0 saturated carbocycles. The van der Waals surface area contributed by atoms with Gasteiger partial charge in [0.15, 0.2) is 5.13 Å². The minimum absolute atomic E-state index is 0.152. The number of aromatic nitrogens is 1. The van der Waals surface area contributed by atoms with Gasteiger partial charge in [-0.25, -0.2) is 4.98 Å². The molecule has 6 heteroatoms. The molecule has 0 atom stereocenters. The summed E-state index contributed by atoms with van der Waals surface area (Å²) >= 11 is 1.68. The van der Waals surface area contributed by atoms with Gasteiger partial charge in [-0.1, -0.05) is 11.3 Å². The molecule has 3 heterocycles. The minimum Gasteiger partial charge on any atom is -0.494 e. The van der Waals surface area contributed by atoms with Gasteiger partial charge in [-0.2, -0.15) is 0 Å². The molecule has 0 aliphatic carbocycles. The van der Waals surface area contributed by atoms with Crippen LogP contribution in [0.3, 0.4) is 0 Å². The quantitative estimate of drug-likeness (QED) is 0.864. The van der Waals surface area contributed by atoms with Gasteiger partial charge < -0.3 is 14.5 Å². The molecule has 1 amide bonds. The van der Waals surface area contributed by atoms with Crippen LogP contribution in [0.2, 0.25) is 0 Å². The lowest BCUT2D eigenvalue weighted by Gasteiger charge is -2.39. The van der Waals surface area contributed by atoms with Crippen molar-refractivity contribution in [2.45, 2.75) is 19.8 Å². The molecule has 2 aromatic rings. The van der Waals surface area contributed by atoms with E-state index < -0.39 is 0 Å². The van der Waals surface area contributed by atoms with Gasteiger partial charge in [0, 0.05) is 26.2 Å². The molecule has 0 N–H and O–H groups in total. The first-order valence-corrected chi connectivity index (χ1v) is 9.13. The molecule has 0 spiro atoms. The van der Waals surface area contributed by atoms with Crippen molar-refractivity contribution in [3.63, 3.8) is 0 Å². The second-order valence-electron chi connectivity index (χ2n) is 6.19. The van der Waals surface area contributed by atoms with Crippen molar-refractivity contribution in [1.82, 2.24) is 9.88 Å². The smallest absolute Gasteiger partial charge is 0.229 e. The maximum atomic E-state index is 12.4. The van der Waals surface area contributed by atoms with Crippen LogP contribution >= 0.6 is 11.3 Å². The van der Waals surface area contributed by atoms with Crippen LogP contribution in [0.25, 0.3) is 10.2 Å². The fourth-order valence-corrected chi connectivity index (χ4v) is 4.28. The van der Waals surface area contributed by atoms with Gasteiger partial charge >= 0.3 is 0 Å². The van der Waals surface area contributed by atoms with E-state index in [2.05, 4.69) is 4.90 Å². The van der Waals surface area contributed by atoms with Crippen LogP contribution in [0, 0.1) is 5.92 Å². The second kappa shape index (κ2) is 6.00. The molecule has 0 unspecified atom stereocenters. The van der Waals surface area contributed by atoms with Crippen LogP contribution in [-0.4, -0.2) is 48.6 Å². The average molecular weight is 331 g/mol. The second-order valence-corrected chi connectivity index (χ2v) is 7.20. The van der Waals surface area contributed by atoms with Crippen LogP contribution in [0.5, 0.6) is 5.75 Å².